The van der Waals surface area contributed by atoms with Gasteiger partial charge in [-0.15, -0.1) is 0 Å². The smallest absolute Gasteiger partial charge is 0.259 e. The van der Waals surface area contributed by atoms with Gasteiger partial charge in [-0.1, -0.05) is 0 Å². The Kier molecular flexibility index (Phi) is 3.33. The van der Waals surface area contributed by atoms with Crippen molar-refractivity contribution in [1.29, 1.82) is 0 Å². The van der Waals surface area contributed by atoms with Crippen LogP contribution in [0.4, 0.5) is 14.5 Å². The van der Waals surface area contributed by atoms with Crippen LogP contribution in [0, 0.1) is 32.4 Å². The van der Waals surface area contributed by atoms with E-state index in [1.54, 1.807) is 13.8 Å². The maximum absolute atomic E-state index is 13.6. The molecule has 0 radical (unpaired) electrons. The second-order valence-electron chi connectivity index (χ2n) is 4.34. The minimum Gasteiger partial charge on any atom is -0.319 e. The molecule has 0 unspecified atom stereocenters. The number of anilines is 1. The second kappa shape index (κ2) is 4.79. The first-order valence-corrected chi connectivity index (χ1v) is 5.68. The number of amides is 1. The topological polar surface area (TPSA) is 57.8 Å². The maximum atomic E-state index is 13.6. The summed E-state index contributed by atoms with van der Waals surface area (Å²) in [4.78, 5) is 12.0. The second-order valence-corrected chi connectivity index (χ2v) is 4.34. The van der Waals surface area contributed by atoms with Gasteiger partial charge in [0, 0.05) is 11.8 Å². The number of benzene rings is 1. The molecule has 0 fully saturated rings. The maximum Gasteiger partial charge on any atom is 0.259 e. The lowest BCUT2D eigenvalue weighted by Crippen LogP contribution is -2.15. The molecular weight excluding hydrogens is 252 g/mol. The van der Waals surface area contributed by atoms with Crippen molar-refractivity contribution in [2.45, 2.75) is 20.8 Å². The zero-order valence-corrected chi connectivity index (χ0v) is 10.8. The lowest BCUT2D eigenvalue weighted by Gasteiger charge is -2.08. The van der Waals surface area contributed by atoms with Crippen molar-refractivity contribution < 1.29 is 13.6 Å². The molecule has 1 aromatic heterocycles. The van der Waals surface area contributed by atoms with Gasteiger partial charge in [0.1, 0.15) is 11.6 Å². The monoisotopic (exact) mass is 265 g/mol. The van der Waals surface area contributed by atoms with Gasteiger partial charge in [0.25, 0.3) is 5.91 Å². The molecule has 2 aromatic rings. The van der Waals surface area contributed by atoms with Crippen molar-refractivity contribution in [1.82, 2.24) is 10.2 Å². The zero-order valence-electron chi connectivity index (χ0n) is 10.8. The minimum absolute atomic E-state index is 0.186. The first kappa shape index (κ1) is 13.2. The van der Waals surface area contributed by atoms with E-state index in [2.05, 4.69) is 15.5 Å². The number of hydrogen-bond acceptors (Lipinski definition) is 2. The molecule has 0 bridgehead atoms. The Morgan fingerprint density at radius 1 is 1.21 bits per heavy atom. The van der Waals surface area contributed by atoms with Gasteiger partial charge in [0.2, 0.25) is 0 Å². The normalized spacial score (nSPS) is 10.6. The van der Waals surface area contributed by atoms with Gasteiger partial charge < -0.3 is 5.32 Å². The van der Waals surface area contributed by atoms with Crippen molar-refractivity contribution >= 4 is 11.6 Å². The highest BCUT2D eigenvalue weighted by molar-refractivity contribution is 6.05. The third-order valence-electron chi connectivity index (χ3n) is 2.85. The Bertz CT molecular complexity index is 630. The average molecular weight is 265 g/mol. The number of halogens is 2. The molecule has 1 heterocycles. The molecule has 4 nitrogen and oxygen atoms in total. The number of H-pyrrole nitrogens is 1. The van der Waals surface area contributed by atoms with Crippen LogP contribution in [0.5, 0.6) is 0 Å². The van der Waals surface area contributed by atoms with Gasteiger partial charge in [-0.2, -0.15) is 5.10 Å². The highest BCUT2D eigenvalue weighted by Gasteiger charge is 2.17. The van der Waals surface area contributed by atoms with E-state index in [0.29, 0.717) is 17.0 Å². The Morgan fingerprint density at radius 2 is 1.89 bits per heavy atom. The molecule has 0 aliphatic carbocycles. The summed E-state index contributed by atoms with van der Waals surface area (Å²) in [7, 11) is 0. The van der Waals surface area contributed by atoms with E-state index in [1.807, 2.05) is 0 Å². The van der Waals surface area contributed by atoms with Gasteiger partial charge in [0.15, 0.2) is 0 Å². The van der Waals surface area contributed by atoms with E-state index in [4.69, 9.17) is 0 Å². The fourth-order valence-electron chi connectivity index (χ4n) is 1.81. The van der Waals surface area contributed by atoms with Crippen molar-refractivity contribution in [3.8, 4) is 0 Å². The largest absolute Gasteiger partial charge is 0.319 e. The quantitative estimate of drug-likeness (QED) is 0.877. The van der Waals surface area contributed by atoms with Crippen LogP contribution in [-0.4, -0.2) is 16.1 Å². The fourth-order valence-corrected chi connectivity index (χ4v) is 1.81. The van der Waals surface area contributed by atoms with Crippen LogP contribution in [-0.2, 0) is 0 Å². The molecule has 1 amide bonds. The summed E-state index contributed by atoms with van der Waals surface area (Å²) in [6.45, 7) is 4.79. The van der Waals surface area contributed by atoms with Crippen LogP contribution in [0.15, 0.2) is 12.1 Å². The summed E-state index contributed by atoms with van der Waals surface area (Å²) in [5.74, 6) is -1.77. The summed E-state index contributed by atoms with van der Waals surface area (Å²) in [6, 6.07) is 2.01. The molecule has 0 spiro atoms. The molecule has 1 aromatic carbocycles. The number of carbonyl (C=O) groups is 1. The van der Waals surface area contributed by atoms with E-state index in [0.717, 1.165) is 12.1 Å². The molecule has 0 saturated carbocycles. The molecule has 2 rings (SSSR count). The highest BCUT2D eigenvalue weighted by atomic mass is 19.1. The lowest BCUT2D eigenvalue weighted by molar-refractivity contribution is 0.102. The lowest BCUT2D eigenvalue weighted by atomic mass is 10.1. The van der Waals surface area contributed by atoms with Crippen LogP contribution in [0.3, 0.4) is 0 Å². The molecule has 19 heavy (non-hydrogen) atoms. The van der Waals surface area contributed by atoms with E-state index in [-0.39, 0.29) is 11.3 Å². The predicted molar refractivity (Wildman–Crippen MR) is 67.1 cm³/mol. The van der Waals surface area contributed by atoms with Crippen LogP contribution < -0.4 is 5.32 Å². The Balaban J connectivity index is 2.32. The van der Waals surface area contributed by atoms with Gasteiger partial charge in [-0.3, -0.25) is 9.89 Å². The zero-order chi connectivity index (χ0) is 14.2. The SMILES string of the molecule is Cc1cc(F)c(NC(=O)c2c(C)n[nH]c2C)cc1F. The molecule has 0 aliphatic heterocycles. The number of nitrogens with zero attached hydrogens (tertiary/aromatic N) is 1. The first-order valence-electron chi connectivity index (χ1n) is 5.68. The molecular formula is C13H13F2N3O. The Labute approximate surface area is 108 Å². The number of nitrogens with one attached hydrogen (secondary N) is 2. The summed E-state index contributed by atoms with van der Waals surface area (Å²) < 4.78 is 27.0. The summed E-state index contributed by atoms with van der Waals surface area (Å²) >= 11 is 0. The number of rotatable bonds is 2. The van der Waals surface area contributed by atoms with E-state index < -0.39 is 17.5 Å². The molecule has 100 valence electrons. The number of aryl methyl sites for hydroxylation is 3. The molecule has 0 aliphatic rings. The highest BCUT2D eigenvalue weighted by Crippen LogP contribution is 2.20. The van der Waals surface area contributed by atoms with Crippen molar-refractivity contribution in [3.63, 3.8) is 0 Å². The third kappa shape index (κ3) is 2.47. The number of aromatic amines is 1. The van der Waals surface area contributed by atoms with Crippen LogP contribution in [0.2, 0.25) is 0 Å². The molecule has 6 heteroatoms. The van der Waals surface area contributed by atoms with Gasteiger partial charge in [-0.25, -0.2) is 8.78 Å². The third-order valence-corrected chi connectivity index (χ3v) is 2.85. The van der Waals surface area contributed by atoms with Crippen LogP contribution in [0.25, 0.3) is 0 Å². The number of hydrogen-bond donors (Lipinski definition) is 2. The van der Waals surface area contributed by atoms with Crippen LogP contribution in [0.1, 0.15) is 27.3 Å². The van der Waals surface area contributed by atoms with E-state index >= 15 is 0 Å². The minimum atomic E-state index is -0.675. The van der Waals surface area contributed by atoms with Gasteiger partial charge >= 0.3 is 0 Å². The van der Waals surface area contributed by atoms with Crippen molar-refractivity contribution in [3.05, 3.63) is 46.3 Å². The molecule has 0 atom stereocenters. The first-order chi connectivity index (χ1) is 8.90. The molecule has 0 saturated heterocycles. The number of aromatic nitrogens is 2. The Morgan fingerprint density at radius 3 is 2.47 bits per heavy atom. The standard InChI is InChI=1S/C13H13F2N3O/c1-6-4-10(15)11(5-9(6)14)16-13(19)12-7(2)17-18-8(12)3/h4-5H,1-3H3,(H,16,19)(H,17,18). The predicted octanol–water partition coefficient (Wildman–Crippen LogP) is 2.87. The Hall–Kier alpha value is -2.24. The van der Waals surface area contributed by atoms with E-state index in [9.17, 15) is 13.6 Å². The van der Waals surface area contributed by atoms with Gasteiger partial charge in [-0.05, 0) is 32.4 Å². The summed E-state index contributed by atoms with van der Waals surface area (Å²) in [5, 5.41) is 8.89. The number of carbonyl (C=O) groups excluding carboxylic acids is 1. The summed E-state index contributed by atoms with van der Waals surface area (Å²) in [5.41, 5.74) is 1.41. The molecule has 2 N–H and O–H groups in total. The fraction of sp³-hybridized carbons (Fsp3) is 0.231. The summed E-state index contributed by atoms with van der Waals surface area (Å²) in [6.07, 6.45) is 0. The van der Waals surface area contributed by atoms with E-state index in [1.165, 1.54) is 6.92 Å². The average Bonchev–Trinajstić information content (AvgIpc) is 2.66. The van der Waals surface area contributed by atoms with Crippen molar-refractivity contribution in [2.75, 3.05) is 5.32 Å². The van der Waals surface area contributed by atoms with Gasteiger partial charge in [0.05, 0.1) is 16.9 Å². The van der Waals surface area contributed by atoms with Crippen LogP contribution >= 0.6 is 0 Å². The van der Waals surface area contributed by atoms with Crippen molar-refractivity contribution in [2.24, 2.45) is 0 Å².